The van der Waals surface area contributed by atoms with Crippen LogP contribution in [0.3, 0.4) is 0 Å². The van der Waals surface area contributed by atoms with Crippen LogP contribution in [-0.4, -0.2) is 37.1 Å². The zero-order chi connectivity index (χ0) is 11.8. The molecule has 2 nitrogen and oxygen atoms in total. The fraction of sp³-hybridized carbons (Fsp3) is 1.00. The number of rotatable bonds is 8. The molecule has 0 spiro atoms. The SMILES string of the molecule is CCCNC(C)C(C)N(C)CCC(C)C. The van der Waals surface area contributed by atoms with E-state index in [4.69, 9.17) is 0 Å². The number of likely N-dealkylation sites (N-methyl/N-ethyl adjacent to an activating group) is 1. The van der Waals surface area contributed by atoms with E-state index in [9.17, 15) is 0 Å². The van der Waals surface area contributed by atoms with Crippen molar-refractivity contribution >= 4 is 0 Å². The largest absolute Gasteiger partial charge is 0.313 e. The second-order valence-electron chi connectivity index (χ2n) is 5.15. The first kappa shape index (κ1) is 14.9. The van der Waals surface area contributed by atoms with Gasteiger partial charge in [-0.3, -0.25) is 0 Å². The van der Waals surface area contributed by atoms with Crippen LogP contribution in [0.25, 0.3) is 0 Å². The van der Waals surface area contributed by atoms with Crippen LogP contribution >= 0.6 is 0 Å². The molecule has 2 heteroatoms. The Morgan fingerprint density at radius 1 is 1.13 bits per heavy atom. The van der Waals surface area contributed by atoms with Crippen molar-refractivity contribution in [1.29, 1.82) is 0 Å². The summed E-state index contributed by atoms with van der Waals surface area (Å²) in [6.45, 7) is 13.7. The third kappa shape index (κ3) is 6.91. The van der Waals surface area contributed by atoms with Crippen LogP contribution in [0.4, 0.5) is 0 Å². The summed E-state index contributed by atoms with van der Waals surface area (Å²) >= 11 is 0. The van der Waals surface area contributed by atoms with Gasteiger partial charge in [-0.15, -0.1) is 0 Å². The highest BCUT2D eigenvalue weighted by atomic mass is 15.2. The van der Waals surface area contributed by atoms with Crippen LogP contribution in [-0.2, 0) is 0 Å². The van der Waals surface area contributed by atoms with Crippen LogP contribution in [0, 0.1) is 5.92 Å². The molecule has 0 bridgehead atoms. The van der Waals surface area contributed by atoms with Gasteiger partial charge in [0.25, 0.3) is 0 Å². The Balaban J connectivity index is 3.79. The summed E-state index contributed by atoms with van der Waals surface area (Å²) in [6.07, 6.45) is 2.51. The molecule has 2 atom stereocenters. The van der Waals surface area contributed by atoms with Gasteiger partial charge in [0.15, 0.2) is 0 Å². The molecule has 0 aromatic carbocycles. The van der Waals surface area contributed by atoms with Crippen LogP contribution in [0.1, 0.15) is 47.5 Å². The molecule has 15 heavy (non-hydrogen) atoms. The highest BCUT2D eigenvalue weighted by Crippen LogP contribution is 2.06. The molecule has 0 rings (SSSR count). The lowest BCUT2D eigenvalue weighted by Gasteiger charge is -2.31. The molecule has 0 heterocycles. The lowest BCUT2D eigenvalue weighted by Crippen LogP contribution is -2.45. The molecular formula is C13H30N2. The second-order valence-corrected chi connectivity index (χ2v) is 5.15. The molecule has 0 amide bonds. The maximum absolute atomic E-state index is 3.56. The van der Waals surface area contributed by atoms with E-state index >= 15 is 0 Å². The molecule has 0 aliphatic carbocycles. The van der Waals surface area contributed by atoms with Gasteiger partial charge in [-0.2, -0.15) is 0 Å². The second kappa shape index (κ2) is 8.12. The van der Waals surface area contributed by atoms with Gasteiger partial charge in [-0.05, 0) is 52.7 Å². The lowest BCUT2D eigenvalue weighted by atomic mass is 10.1. The van der Waals surface area contributed by atoms with Gasteiger partial charge < -0.3 is 10.2 Å². The van der Waals surface area contributed by atoms with Crippen molar-refractivity contribution in [3.63, 3.8) is 0 Å². The first-order chi connectivity index (χ1) is 6.99. The lowest BCUT2D eigenvalue weighted by molar-refractivity contribution is 0.204. The normalized spacial score (nSPS) is 16.0. The van der Waals surface area contributed by atoms with Gasteiger partial charge in [0.2, 0.25) is 0 Å². The average molecular weight is 214 g/mol. The highest BCUT2D eigenvalue weighted by Gasteiger charge is 2.15. The van der Waals surface area contributed by atoms with E-state index < -0.39 is 0 Å². The molecule has 0 aromatic rings. The van der Waals surface area contributed by atoms with Gasteiger partial charge in [0.1, 0.15) is 0 Å². The summed E-state index contributed by atoms with van der Waals surface area (Å²) in [5.41, 5.74) is 0. The van der Waals surface area contributed by atoms with Crippen LogP contribution in [0.5, 0.6) is 0 Å². The number of hydrogen-bond acceptors (Lipinski definition) is 2. The Hall–Kier alpha value is -0.0800. The highest BCUT2D eigenvalue weighted by molar-refractivity contribution is 4.75. The number of hydrogen-bond donors (Lipinski definition) is 1. The summed E-state index contributed by atoms with van der Waals surface area (Å²) in [5.74, 6) is 0.804. The summed E-state index contributed by atoms with van der Waals surface area (Å²) < 4.78 is 0. The minimum Gasteiger partial charge on any atom is -0.313 e. The van der Waals surface area contributed by atoms with Gasteiger partial charge in [0, 0.05) is 12.1 Å². The fourth-order valence-electron chi connectivity index (χ4n) is 1.59. The quantitative estimate of drug-likeness (QED) is 0.668. The zero-order valence-electron chi connectivity index (χ0n) is 11.5. The van der Waals surface area contributed by atoms with E-state index in [1.165, 1.54) is 19.4 Å². The van der Waals surface area contributed by atoms with Crippen LogP contribution in [0.2, 0.25) is 0 Å². The van der Waals surface area contributed by atoms with E-state index in [2.05, 4.69) is 51.9 Å². The number of nitrogens with zero attached hydrogens (tertiary/aromatic N) is 1. The van der Waals surface area contributed by atoms with E-state index in [1.54, 1.807) is 0 Å². The third-order valence-electron chi connectivity index (χ3n) is 3.19. The van der Waals surface area contributed by atoms with E-state index in [1.807, 2.05) is 0 Å². The van der Waals surface area contributed by atoms with E-state index in [0.717, 1.165) is 12.5 Å². The summed E-state index contributed by atoms with van der Waals surface area (Å²) in [5, 5.41) is 3.56. The zero-order valence-corrected chi connectivity index (χ0v) is 11.5. The van der Waals surface area contributed by atoms with Crippen molar-refractivity contribution in [3.05, 3.63) is 0 Å². The predicted octanol–water partition coefficient (Wildman–Crippen LogP) is 2.74. The maximum atomic E-state index is 3.56. The van der Waals surface area contributed by atoms with Crippen molar-refractivity contribution in [2.75, 3.05) is 20.1 Å². The van der Waals surface area contributed by atoms with Crippen molar-refractivity contribution < 1.29 is 0 Å². The Labute approximate surface area is 96.4 Å². The van der Waals surface area contributed by atoms with Crippen molar-refractivity contribution in [2.24, 2.45) is 5.92 Å². The van der Waals surface area contributed by atoms with E-state index in [-0.39, 0.29) is 0 Å². The van der Waals surface area contributed by atoms with Crippen molar-refractivity contribution in [3.8, 4) is 0 Å². The first-order valence-electron chi connectivity index (χ1n) is 6.42. The molecular weight excluding hydrogens is 184 g/mol. The van der Waals surface area contributed by atoms with E-state index in [0.29, 0.717) is 12.1 Å². The topological polar surface area (TPSA) is 15.3 Å². The minimum absolute atomic E-state index is 0.585. The molecule has 0 saturated heterocycles. The Bertz CT molecular complexity index is 145. The first-order valence-corrected chi connectivity index (χ1v) is 6.42. The minimum atomic E-state index is 0.585. The van der Waals surface area contributed by atoms with Crippen molar-refractivity contribution in [2.45, 2.75) is 59.5 Å². The van der Waals surface area contributed by atoms with Gasteiger partial charge >= 0.3 is 0 Å². The van der Waals surface area contributed by atoms with Gasteiger partial charge in [0.05, 0.1) is 0 Å². The molecule has 0 radical (unpaired) electrons. The molecule has 0 saturated carbocycles. The molecule has 1 N–H and O–H groups in total. The molecule has 0 fully saturated rings. The van der Waals surface area contributed by atoms with Crippen molar-refractivity contribution in [1.82, 2.24) is 10.2 Å². The molecule has 92 valence electrons. The Morgan fingerprint density at radius 3 is 2.20 bits per heavy atom. The predicted molar refractivity (Wildman–Crippen MR) is 69.3 cm³/mol. The average Bonchev–Trinajstić information content (AvgIpc) is 2.21. The standard InChI is InChI=1S/C13H30N2/c1-7-9-14-12(4)13(5)15(6)10-8-11(2)3/h11-14H,7-10H2,1-6H3. The van der Waals surface area contributed by atoms with Crippen LogP contribution < -0.4 is 5.32 Å². The summed E-state index contributed by atoms with van der Waals surface area (Å²) in [6, 6.07) is 1.21. The summed E-state index contributed by atoms with van der Waals surface area (Å²) in [4.78, 5) is 2.47. The monoisotopic (exact) mass is 214 g/mol. The summed E-state index contributed by atoms with van der Waals surface area (Å²) in [7, 11) is 2.23. The van der Waals surface area contributed by atoms with Gasteiger partial charge in [-0.25, -0.2) is 0 Å². The van der Waals surface area contributed by atoms with Crippen LogP contribution in [0.15, 0.2) is 0 Å². The maximum Gasteiger partial charge on any atom is 0.0215 e. The molecule has 0 aliphatic rings. The molecule has 2 unspecified atom stereocenters. The Kier molecular flexibility index (Phi) is 8.07. The number of nitrogens with one attached hydrogen (secondary N) is 1. The van der Waals surface area contributed by atoms with Gasteiger partial charge in [-0.1, -0.05) is 20.8 Å². The smallest absolute Gasteiger partial charge is 0.0215 e. The Morgan fingerprint density at radius 2 is 1.73 bits per heavy atom. The fourth-order valence-corrected chi connectivity index (χ4v) is 1.59. The molecule has 0 aromatic heterocycles. The molecule has 0 aliphatic heterocycles. The third-order valence-corrected chi connectivity index (χ3v) is 3.19.